The van der Waals surface area contributed by atoms with E-state index in [1.54, 1.807) is 18.1 Å². The molecule has 0 fully saturated rings. The molecule has 1 aromatic carbocycles. The van der Waals surface area contributed by atoms with E-state index >= 15 is 0 Å². The lowest BCUT2D eigenvalue weighted by molar-refractivity contribution is 0.0671. The zero-order chi connectivity index (χ0) is 15.2. The SMILES string of the molecule is COCCN(CCC#N)C(=O)c1cc2cc(C)ccc2o1. The number of methoxy groups -OCH3 is 1. The number of aryl methyl sites for hydroxylation is 1. The number of fused-ring (bicyclic) bond motifs is 1. The number of carbonyl (C=O) groups excluding carboxylic acids is 1. The highest BCUT2D eigenvalue weighted by Crippen LogP contribution is 2.21. The Morgan fingerprint density at radius 2 is 2.19 bits per heavy atom. The zero-order valence-electron chi connectivity index (χ0n) is 12.3. The Bertz CT molecular complexity index is 670. The molecular weight excluding hydrogens is 268 g/mol. The summed E-state index contributed by atoms with van der Waals surface area (Å²) in [5, 5.41) is 9.60. The Labute approximate surface area is 123 Å². The van der Waals surface area contributed by atoms with E-state index in [-0.39, 0.29) is 12.3 Å². The van der Waals surface area contributed by atoms with E-state index in [4.69, 9.17) is 14.4 Å². The van der Waals surface area contributed by atoms with Gasteiger partial charge in [-0.05, 0) is 25.1 Å². The molecule has 0 bridgehead atoms. The van der Waals surface area contributed by atoms with Gasteiger partial charge >= 0.3 is 0 Å². The monoisotopic (exact) mass is 286 g/mol. The zero-order valence-corrected chi connectivity index (χ0v) is 12.3. The van der Waals surface area contributed by atoms with Crippen molar-refractivity contribution in [3.8, 4) is 6.07 Å². The summed E-state index contributed by atoms with van der Waals surface area (Å²) in [6.07, 6.45) is 0.286. The van der Waals surface area contributed by atoms with Crippen LogP contribution < -0.4 is 0 Å². The van der Waals surface area contributed by atoms with Crippen LogP contribution in [-0.4, -0.2) is 37.6 Å². The molecule has 0 atom stereocenters. The Morgan fingerprint density at radius 3 is 2.90 bits per heavy atom. The van der Waals surface area contributed by atoms with Crippen LogP contribution in [0.1, 0.15) is 22.5 Å². The standard InChI is InChI=1S/C16H18N2O3/c1-12-4-5-14-13(10-12)11-15(21-14)16(19)18(7-3-6-17)8-9-20-2/h4-5,10-11H,3,7-9H2,1-2H3. The normalized spacial score (nSPS) is 10.5. The van der Waals surface area contributed by atoms with Crippen molar-refractivity contribution in [3.63, 3.8) is 0 Å². The van der Waals surface area contributed by atoms with Crippen LogP contribution in [0.15, 0.2) is 28.7 Å². The van der Waals surface area contributed by atoms with Crippen LogP contribution in [0, 0.1) is 18.3 Å². The molecule has 0 radical (unpaired) electrons. The number of carbonyl (C=O) groups is 1. The molecule has 5 heteroatoms. The summed E-state index contributed by atoms with van der Waals surface area (Å²) >= 11 is 0. The summed E-state index contributed by atoms with van der Waals surface area (Å²) in [6, 6.07) is 9.57. The van der Waals surface area contributed by atoms with Gasteiger partial charge < -0.3 is 14.1 Å². The van der Waals surface area contributed by atoms with Crippen molar-refractivity contribution in [2.45, 2.75) is 13.3 Å². The molecule has 0 N–H and O–H groups in total. The molecule has 0 aliphatic heterocycles. The molecule has 0 aliphatic rings. The molecule has 5 nitrogen and oxygen atoms in total. The van der Waals surface area contributed by atoms with Gasteiger partial charge in [-0.15, -0.1) is 0 Å². The Balaban J connectivity index is 2.22. The van der Waals surface area contributed by atoms with E-state index in [9.17, 15) is 4.79 Å². The first-order chi connectivity index (χ1) is 10.2. The summed E-state index contributed by atoms with van der Waals surface area (Å²) in [5.41, 5.74) is 1.80. The smallest absolute Gasteiger partial charge is 0.289 e. The van der Waals surface area contributed by atoms with Crippen molar-refractivity contribution in [2.24, 2.45) is 0 Å². The van der Waals surface area contributed by atoms with Crippen LogP contribution in [-0.2, 0) is 4.74 Å². The molecule has 110 valence electrons. The van der Waals surface area contributed by atoms with Crippen LogP contribution in [0.25, 0.3) is 11.0 Å². The van der Waals surface area contributed by atoms with Crippen molar-refractivity contribution < 1.29 is 13.9 Å². The van der Waals surface area contributed by atoms with Gasteiger partial charge in [0.1, 0.15) is 5.58 Å². The molecule has 2 aromatic rings. The number of rotatable bonds is 6. The van der Waals surface area contributed by atoms with E-state index in [1.807, 2.05) is 31.2 Å². The second-order valence-electron chi connectivity index (χ2n) is 4.85. The lowest BCUT2D eigenvalue weighted by Crippen LogP contribution is -2.34. The van der Waals surface area contributed by atoms with Gasteiger partial charge in [0.2, 0.25) is 0 Å². The first-order valence-corrected chi connectivity index (χ1v) is 6.81. The van der Waals surface area contributed by atoms with Crippen molar-refractivity contribution in [2.75, 3.05) is 26.8 Å². The molecular formula is C16H18N2O3. The number of hydrogen-bond acceptors (Lipinski definition) is 4. The maximum absolute atomic E-state index is 12.5. The highest BCUT2D eigenvalue weighted by molar-refractivity contribution is 5.96. The minimum absolute atomic E-state index is 0.212. The minimum atomic E-state index is -0.212. The van der Waals surface area contributed by atoms with E-state index in [0.717, 1.165) is 10.9 Å². The van der Waals surface area contributed by atoms with E-state index < -0.39 is 0 Å². The summed E-state index contributed by atoms with van der Waals surface area (Å²) in [4.78, 5) is 14.1. The van der Waals surface area contributed by atoms with Gasteiger partial charge in [-0.1, -0.05) is 11.6 Å². The fraction of sp³-hybridized carbons (Fsp3) is 0.375. The van der Waals surface area contributed by atoms with Crippen molar-refractivity contribution in [1.82, 2.24) is 4.90 Å². The fourth-order valence-electron chi connectivity index (χ4n) is 2.13. The average molecular weight is 286 g/mol. The van der Waals surface area contributed by atoms with Crippen LogP contribution in [0.3, 0.4) is 0 Å². The number of furan rings is 1. The topological polar surface area (TPSA) is 66.5 Å². The maximum Gasteiger partial charge on any atom is 0.289 e. The molecule has 0 aliphatic carbocycles. The average Bonchev–Trinajstić information content (AvgIpc) is 2.89. The fourth-order valence-corrected chi connectivity index (χ4v) is 2.13. The number of nitriles is 1. The van der Waals surface area contributed by atoms with E-state index in [2.05, 4.69) is 0 Å². The summed E-state index contributed by atoms with van der Waals surface area (Å²) < 4.78 is 10.6. The summed E-state index contributed by atoms with van der Waals surface area (Å²) in [6.45, 7) is 3.23. The molecule has 0 saturated carbocycles. The predicted molar refractivity (Wildman–Crippen MR) is 79.0 cm³/mol. The number of amides is 1. The van der Waals surface area contributed by atoms with Crippen LogP contribution in [0.2, 0.25) is 0 Å². The van der Waals surface area contributed by atoms with Gasteiger partial charge in [-0.3, -0.25) is 4.79 Å². The maximum atomic E-state index is 12.5. The molecule has 2 rings (SSSR count). The minimum Gasteiger partial charge on any atom is -0.451 e. The second kappa shape index (κ2) is 6.91. The van der Waals surface area contributed by atoms with Gasteiger partial charge in [0, 0.05) is 25.6 Å². The van der Waals surface area contributed by atoms with Gasteiger partial charge in [0.05, 0.1) is 19.1 Å². The molecule has 1 amide bonds. The van der Waals surface area contributed by atoms with E-state index in [0.29, 0.717) is 31.0 Å². The van der Waals surface area contributed by atoms with Gasteiger partial charge in [0.15, 0.2) is 5.76 Å². The van der Waals surface area contributed by atoms with Crippen molar-refractivity contribution >= 4 is 16.9 Å². The van der Waals surface area contributed by atoms with Gasteiger partial charge in [-0.2, -0.15) is 5.26 Å². The third kappa shape index (κ3) is 3.61. The Kier molecular flexibility index (Phi) is 4.96. The molecule has 0 unspecified atom stereocenters. The first-order valence-electron chi connectivity index (χ1n) is 6.81. The number of ether oxygens (including phenoxy) is 1. The van der Waals surface area contributed by atoms with E-state index in [1.165, 1.54) is 0 Å². The first kappa shape index (κ1) is 15.1. The molecule has 1 heterocycles. The molecule has 1 aromatic heterocycles. The lowest BCUT2D eigenvalue weighted by atomic mass is 10.2. The molecule has 0 saturated heterocycles. The lowest BCUT2D eigenvalue weighted by Gasteiger charge is -2.19. The quantitative estimate of drug-likeness (QED) is 0.819. The highest BCUT2D eigenvalue weighted by Gasteiger charge is 2.19. The Hall–Kier alpha value is -2.32. The summed E-state index contributed by atoms with van der Waals surface area (Å²) in [5.74, 6) is 0.0841. The highest BCUT2D eigenvalue weighted by atomic mass is 16.5. The van der Waals surface area contributed by atoms with Crippen LogP contribution in [0.5, 0.6) is 0 Å². The second-order valence-corrected chi connectivity index (χ2v) is 4.85. The van der Waals surface area contributed by atoms with Gasteiger partial charge in [0.25, 0.3) is 5.91 Å². The number of nitrogens with zero attached hydrogens (tertiary/aromatic N) is 2. The van der Waals surface area contributed by atoms with Crippen LogP contribution in [0.4, 0.5) is 0 Å². The third-order valence-electron chi connectivity index (χ3n) is 3.23. The Morgan fingerprint density at radius 1 is 1.38 bits per heavy atom. The molecule has 0 spiro atoms. The number of benzene rings is 1. The van der Waals surface area contributed by atoms with Crippen molar-refractivity contribution in [3.05, 3.63) is 35.6 Å². The van der Waals surface area contributed by atoms with Crippen molar-refractivity contribution in [1.29, 1.82) is 5.26 Å². The third-order valence-corrected chi connectivity index (χ3v) is 3.23. The summed E-state index contributed by atoms with van der Waals surface area (Å²) in [7, 11) is 1.58. The molecule has 21 heavy (non-hydrogen) atoms. The number of hydrogen-bond donors (Lipinski definition) is 0. The van der Waals surface area contributed by atoms with Crippen LogP contribution >= 0.6 is 0 Å². The van der Waals surface area contributed by atoms with Gasteiger partial charge in [-0.25, -0.2) is 0 Å². The predicted octanol–water partition coefficient (Wildman–Crippen LogP) is 2.74. The largest absolute Gasteiger partial charge is 0.451 e.